The van der Waals surface area contributed by atoms with Crippen LogP contribution < -0.4 is 10.1 Å². The summed E-state index contributed by atoms with van der Waals surface area (Å²) in [5, 5.41) is 2.43. The van der Waals surface area contributed by atoms with Crippen molar-refractivity contribution in [1.82, 2.24) is 5.32 Å². The molecule has 1 rings (SSSR count). The van der Waals surface area contributed by atoms with Crippen molar-refractivity contribution in [3.8, 4) is 5.75 Å². The first-order valence-corrected chi connectivity index (χ1v) is 8.58. The van der Waals surface area contributed by atoms with Gasteiger partial charge in [-0.2, -0.15) is 0 Å². The summed E-state index contributed by atoms with van der Waals surface area (Å²) in [6.07, 6.45) is -2.11. The molecule has 7 nitrogen and oxygen atoms in total. The van der Waals surface area contributed by atoms with E-state index >= 15 is 0 Å². The Balaban J connectivity index is 2.51. The van der Waals surface area contributed by atoms with Gasteiger partial charge in [0.25, 0.3) is 5.91 Å². The molecular formula is C19H22F3NO6. The Morgan fingerprint density at radius 1 is 1.14 bits per heavy atom. The predicted molar refractivity (Wildman–Crippen MR) is 96.5 cm³/mol. The molecule has 10 heteroatoms. The van der Waals surface area contributed by atoms with Gasteiger partial charge in [-0.15, -0.1) is 13.2 Å². The van der Waals surface area contributed by atoms with Crippen LogP contribution in [0.5, 0.6) is 5.75 Å². The lowest BCUT2D eigenvalue weighted by Crippen LogP contribution is -2.44. The van der Waals surface area contributed by atoms with Crippen LogP contribution in [0.2, 0.25) is 0 Å². The van der Waals surface area contributed by atoms with E-state index in [0.29, 0.717) is 12.0 Å². The van der Waals surface area contributed by atoms with Crippen molar-refractivity contribution in [3.05, 3.63) is 35.9 Å². The second-order valence-corrected chi connectivity index (χ2v) is 6.33. The van der Waals surface area contributed by atoms with Crippen LogP contribution in [0.15, 0.2) is 30.3 Å². The van der Waals surface area contributed by atoms with Crippen molar-refractivity contribution in [3.63, 3.8) is 0 Å². The summed E-state index contributed by atoms with van der Waals surface area (Å²) in [4.78, 5) is 35.2. The van der Waals surface area contributed by atoms with Gasteiger partial charge in [0.15, 0.2) is 6.61 Å². The average molecular weight is 417 g/mol. The average Bonchev–Trinajstić information content (AvgIpc) is 2.63. The van der Waals surface area contributed by atoms with Crippen LogP contribution >= 0.6 is 0 Å². The second kappa shape index (κ2) is 11.1. The Bertz CT molecular complexity index is 728. The van der Waals surface area contributed by atoms with Crippen LogP contribution in [0.1, 0.15) is 25.8 Å². The van der Waals surface area contributed by atoms with Crippen molar-refractivity contribution in [2.24, 2.45) is 5.92 Å². The first-order valence-electron chi connectivity index (χ1n) is 8.58. The van der Waals surface area contributed by atoms with Gasteiger partial charge in [-0.25, -0.2) is 9.59 Å². The van der Waals surface area contributed by atoms with Gasteiger partial charge in [-0.1, -0.05) is 26.0 Å². The molecule has 1 amide bonds. The third kappa shape index (κ3) is 10.2. The minimum absolute atomic E-state index is 0.123. The van der Waals surface area contributed by atoms with Crippen LogP contribution in [0.25, 0.3) is 6.08 Å². The summed E-state index contributed by atoms with van der Waals surface area (Å²) in [5.74, 6) is -2.38. The molecule has 1 aromatic carbocycles. The fraction of sp³-hybridized carbons (Fsp3) is 0.421. The molecule has 0 aromatic heterocycles. The molecule has 29 heavy (non-hydrogen) atoms. The van der Waals surface area contributed by atoms with E-state index in [9.17, 15) is 27.6 Å². The van der Waals surface area contributed by atoms with E-state index in [0.717, 1.165) is 18.2 Å². The fourth-order valence-corrected chi connectivity index (χ4v) is 2.19. The van der Waals surface area contributed by atoms with Gasteiger partial charge < -0.3 is 19.5 Å². The van der Waals surface area contributed by atoms with E-state index in [1.807, 2.05) is 13.8 Å². The number of amides is 1. The van der Waals surface area contributed by atoms with Crippen LogP contribution in [-0.2, 0) is 23.9 Å². The molecular weight excluding hydrogens is 395 g/mol. The Labute approximate surface area is 165 Å². The zero-order valence-corrected chi connectivity index (χ0v) is 16.1. The Kier molecular flexibility index (Phi) is 9.17. The van der Waals surface area contributed by atoms with E-state index in [1.54, 1.807) is 0 Å². The maximum atomic E-state index is 12.1. The predicted octanol–water partition coefficient (Wildman–Crippen LogP) is 2.85. The van der Waals surface area contributed by atoms with Crippen molar-refractivity contribution in [2.45, 2.75) is 32.7 Å². The van der Waals surface area contributed by atoms with Gasteiger partial charge in [0.2, 0.25) is 0 Å². The normalized spacial score (nSPS) is 12.5. The number of alkyl halides is 3. The largest absolute Gasteiger partial charge is 0.573 e. The summed E-state index contributed by atoms with van der Waals surface area (Å²) in [5.41, 5.74) is 0.420. The number of esters is 2. The van der Waals surface area contributed by atoms with Crippen molar-refractivity contribution in [2.75, 3.05) is 13.7 Å². The highest BCUT2D eigenvalue weighted by atomic mass is 19.4. The van der Waals surface area contributed by atoms with E-state index in [2.05, 4.69) is 14.8 Å². The van der Waals surface area contributed by atoms with Gasteiger partial charge in [0.1, 0.15) is 11.8 Å². The minimum atomic E-state index is -4.79. The number of methoxy groups -OCH3 is 1. The van der Waals surface area contributed by atoms with Gasteiger partial charge in [0.05, 0.1) is 7.11 Å². The Morgan fingerprint density at radius 2 is 1.76 bits per heavy atom. The topological polar surface area (TPSA) is 90.9 Å². The molecule has 0 spiro atoms. The molecule has 0 aliphatic heterocycles. The van der Waals surface area contributed by atoms with E-state index in [1.165, 1.54) is 25.3 Å². The van der Waals surface area contributed by atoms with Crippen LogP contribution in [0.3, 0.4) is 0 Å². The molecule has 0 unspecified atom stereocenters. The zero-order valence-electron chi connectivity index (χ0n) is 16.1. The molecule has 0 fully saturated rings. The molecule has 0 aliphatic rings. The lowest BCUT2D eigenvalue weighted by atomic mass is 10.0. The molecule has 0 heterocycles. The molecule has 1 aromatic rings. The standard InChI is InChI=1S/C19H22F3NO6/c1-12(2)10-15(18(26)27-3)23-16(24)11-28-17(25)9-6-13-4-7-14(8-5-13)29-19(20,21)22/h4-9,12,15H,10-11H2,1-3H3,(H,23,24)/b9-6+/t15-/m1/s1. The monoisotopic (exact) mass is 417 g/mol. The number of benzene rings is 1. The van der Waals surface area contributed by atoms with Crippen molar-refractivity contribution >= 4 is 23.9 Å². The zero-order chi connectivity index (χ0) is 22.0. The second-order valence-electron chi connectivity index (χ2n) is 6.33. The highest BCUT2D eigenvalue weighted by Gasteiger charge is 2.30. The van der Waals surface area contributed by atoms with Crippen molar-refractivity contribution < 1.29 is 41.8 Å². The lowest BCUT2D eigenvalue weighted by molar-refractivity contribution is -0.274. The Morgan fingerprint density at radius 3 is 2.28 bits per heavy atom. The van der Waals surface area contributed by atoms with Crippen molar-refractivity contribution in [1.29, 1.82) is 0 Å². The molecule has 0 aliphatic carbocycles. The first kappa shape index (κ1) is 24.0. The number of halogens is 3. The highest BCUT2D eigenvalue weighted by molar-refractivity contribution is 5.90. The maximum absolute atomic E-state index is 12.1. The van der Waals surface area contributed by atoms with Crippen LogP contribution in [-0.4, -0.2) is 44.0 Å². The molecule has 1 atom stereocenters. The van der Waals surface area contributed by atoms with Gasteiger partial charge in [-0.3, -0.25) is 4.79 Å². The molecule has 1 N–H and O–H groups in total. The number of carbonyl (C=O) groups excluding carboxylic acids is 3. The number of ether oxygens (including phenoxy) is 3. The summed E-state index contributed by atoms with van der Waals surface area (Å²) >= 11 is 0. The summed E-state index contributed by atoms with van der Waals surface area (Å²) in [7, 11) is 1.20. The SMILES string of the molecule is COC(=O)[C@@H](CC(C)C)NC(=O)COC(=O)/C=C/c1ccc(OC(F)(F)F)cc1. The summed E-state index contributed by atoms with van der Waals surface area (Å²) < 4.78 is 49.4. The fourth-order valence-electron chi connectivity index (χ4n) is 2.19. The third-order valence-corrected chi connectivity index (χ3v) is 3.40. The maximum Gasteiger partial charge on any atom is 0.573 e. The van der Waals surface area contributed by atoms with Gasteiger partial charge in [-0.05, 0) is 36.1 Å². The van der Waals surface area contributed by atoms with Gasteiger partial charge in [0, 0.05) is 6.08 Å². The quantitative estimate of drug-likeness (QED) is 0.491. The number of carbonyl (C=O) groups is 3. The number of hydrogen-bond donors (Lipinski definition) is 1. The number of rotatable bonds is 9. The van der Waals surface area contributed by atoms with E-state index in [4.69, 9.17) is 4.74 Å². The molecule has 160 valence electrons. The molecule has 0 saturated heterocycles. The van der Waals surface area contributed by atoms with Crippen LogP contribution in [0.4, 0.5) is 13.2 Å². The minimum Gasteiger partial charge on any atom is -0.467 e. The Hall–Kier alpha value is -3.04. The number of nitrogens with one attached hydrogen (secondary N) is 1. The molecule has 0 radical (unpaired) electrons. The smallest absolute Gasteiger partial charge is 0.467 e. The molecule has 0 saturated carbocycles. The third-order valence-electron chi connectivity index (χ3n) is 3.40. The van der Waals surface area contributed by atoms with Gasteiger partial charge >= 0.3 is 18.3 Å². The highest BCUT2D eigenvalue weighted by Crippen LogP contribution is 2.22. The van der Waals surface area contributed by atoms with Crippen LogP contribution in [0, 0.1) is 5.92 Å². The summed E-state index contributed by atoms with van der Waals surface area (Å²) in [6.45, 7) is 3.14. The first-order chi connectivity index (χ1) is 13.5. The lowest BCUT2D eigenvalue weighted by Gasteiger charge is -2.18. The molecule has 0 bridgehead atoms. The summed E-state index contributed by atoms with van der Waals surface area (Å²) in [6, 6.07) is 3.95. The van der Waals surface area contributed by atoms with E-state index in [-0.39, 0.29) is 5.92 Å². The number of hydrogen-bond acceptors (Lipinski definition) is 6. The van der Waals surface area contributed by atoms with E-state index < -0.39 is 42.6 Å².